The Labute approximate surface area is 78.4 Å². The lowest BCUT2D eigenvalue weighted by Crippen LogP contribution is -1.94. The van der Waals surface area contributed by atoms with Crippen molar-refractivity contribution in [2.75, 3.05) is 6.26 Å². The van der Waals surface area contributed by atoms with Crippen molar-refractivity contribution in [3.8, 4) is 0 Å². The van der Waals surface area contributed by atoms with Crippen LogP contribution in [0, 0.1) is 0 Å². The molecule has 0 spiro atoms. The van der Waals surface area contributed by atoms with Gasteiger partial charge in [-0.05, 0) is 0 Å². The first-order chi connectivity index (χ1) is 6.07. The van der Waals surface area contributed by atoms with Crippen LogP contribution in [0.25, 0.3) is 10.5 Å². The molecule has 0 aliphatic heterocycles. The van der Waals surface area contributed by atoms with Crippen molar-refractivity contribution < 1.29 is 8.42 Å². The lowest BCUT2D eigenvalue weighted by atomic mass is 10.7. The molecule has 0 radical (unpaired) electrons. The van der Waals surface area contributed by atoms with Crippen molar-refractivity contribution in [3.63, 3.8) is 0 Å². The van der Waals surface area contributed by atoms with E-state index >= 15 is 0 Å². The summed E-state index contributed by atoms with van der Waals surface area (Å²) in [4.78, 5) is 12.2. The van der Waals surface area contributed by atoms with Crippen molar-refractivity contribution in [2.24, 2.45) is 0 Å². The molecule has 68 valence electrons. The number of sulfone groups is 1. The van der Waals surface area contributed by atoms with E-state index in [0.29, 0.717) is 10.5 Å². The van der Waals surface area contributed by atoms with Crippen LogP contribution >= 0.6 is 11.3 Å². The maximum absolute atomic E-state index is 11.1. The molecule has 0 aliphatic carbocycles. The van der Waals surface area contributed by atoms with Gasteiger partial charge in [0.2, 0.25) is 14.2 Å². The van der Waals surface area contributed by atoms with Gasteiger partial charge in [-0.3, -0.25) is 0 Å². The van der Waals surface area contributed by atoms with Crippen LogP contribution in [0.3, 0.4) is 0 Å². The largest absolute Gasteiger partial charge is 0.240 e. The summed E-state index contributed by atoms with van der Waals surface area (Å²) in [5, 5.41) is 0. The Bertz CT molecular complexity index is 513. The molecule has 0 saturated heterocycles. The molecule has 0 saturated carbocycles. The van der Waals surface area contributed by atoms with Crippen LogP contribution in [0.15, 0.2) is 16.7 Å². The van der Waals surface area contributed by atoms with Gasteiger partial charge in [-0.15, -0.1) is 0 Å². The quantitative estimate of drug-likeness (QED) is 0.692. The molecule has 7 heteroatoms. The van der Waals surface area contributed by atoms with Crippen LogP contribution < -0.4 is 0 Å². The van der Waals surface area contributed by atoms with Crippen molar-refractivity contribution in [2.45, 2.75) is 4.34 Å². The number of thiazole rings is 1. The maximum Gasteiger partial charge on any atom is 0.213 e. The van der Waals surface area contributed by atoms with E-state index in [0.717, 1.165) is 17.6 Å². The Hall–Kier alpha value is -1.08. The van der Waals surface area contributed by atoms with E-state index in [9.17, 15) is 8.42 Å². The van der Waals surface area contributed by atoms with Gasteiger partial charge >= 0.3 is 0 Å². The topological polar surface area (TPSA) is 72.8 Å². The minimum atomic E-state index is -3.24. The Morgan fingerprint density at radius 2 is 2.00 bits per heavy atom. The third-order valence-electron chi connectivity index (χ3n) is 1.34. The zero-order valence-electron chi connectivity index (χ0n) is 6.63. The van der Waals surface area contributed by atoms with Crippen molar-refractivity contribution in [1.82, 2.24) is 15.0 Å². The molecule has 0 aliphatic rings. The van der Waals surface area contributed by atoms with Crippen molar-refractivity contribution in [3.05, 3.63) is 12.4 Å². The highest BCUT2D eigenvalue weighted by molar-refractivity contribution is 7.92. The molecule has 0 N–H and O–H groups in total. The molecule has 0 unspecified atom stereocenters. The molecule has 0 amide bonds. The van der Waals surface area contributed by atoms with Crippen LogP contribution in [0.5, 0.6) is 0 Å². The van der Waals surface area contributed by atoms with Gasteiger partial charge in [0, 0.05) is 18.6 Å². The van der Waals surface area contributed by atoms with Crippen LogP contribution in [0.2, 0.25) is 0 Å². The fourth-order valence-corrected chi connectivity index (χ4v) is 2.51. The Morgan fingerprint density at radius 3 is 2.62 bits per heavy atom. The summed E-state index contributed by atoms with van der Waals surface area (Å²) in [6.07, 6.45) is 4.10. The van der Waals surface area contributed by atoms with E-state index in [4.69, 9.17) is 0 Å². The zero-order valence-corrected chi connectivity index (χ0v) is 8.26. The Balaban J connectivity index is 2.77. The van der Waals surface area contributed by atoms with E-state index < -0.39 is 9.84 Å². The predicted molar refractivity (Wildman–Crippen MR) is 48.3 cm³/mol. The number of fused-ring (bicyclic) bond motifs is 1. The van der Waals surface area contributed by atoms with Gasteiger partial charge < -0.3 is 0 Å². The zero-order chi connectivity index (χ0) is 9.47. The fourth-order valence-electron chi connectivity index (χ4n) is 0.817. The van der Waals surface area contributed by atoms with E-state index in [1.807, 2.05) is 0 Å². The van der Waals surface area contributed by atoms with E-state index in [2.05, 4.69) is 15.0 Å². The van der Waals surface area contributed by atoms with Gasteiger partial charge in [-0.1, -0.05) is 11.3 Å². The van der Waals surface area contributed by atoms with Gasteiger partial charge in [0.15, 0.2) is 10.5 Å². The first-order valence-electron chi connectivity index (χ1n) is 3.35. The number of hydrogen-bond donors (Lipinski definition) is 0. The highest BCUT2D eigenvalue weighted by atomic mass is 32.2. The maximum atomic E-state index is 11.1. The number of rotatable bonds is 1. The van der Waals surface area contributed by atoms with Crippen LogP contribution in [0.4, 0.5) is 0 Å². The average Bonchev–Trinajstić information content (AvgIpc) is 2.45. The summed E-state index contributed by atoms with van der Waals surface area (Å²) in [5.74, 6) is 0. The number of aromatic nitrogens is 3. The molecule has 0 atom stereocenters. The second-order valence-corrected chi connectivity index (χ2v) is 5.60. The SMILES string of the molecule is CS(=O)(=O)c1nc2nccnc2s1. The normalized spacial score (nSPS) is 12.1. The number of hydrogen-bond acceptors (Lipinski definition) is 6. The molecule has 0 aromatic carbocycles. The third kappa shape index (κ3) is 1.52. The summed E-state index contributed by atoms with van der Waals surface area (Å²) in [6.45, 7) is 0. The predicted octanol–water partition coefficient (Wildman–Crippen LogP) is 0.490. The smallest absolute Gasteiger partial charge is 0.213 e. The monoisotopic (exact) mass is 215 g/mol. The molecular formula is C6H5N3O2S2. The van der Waals surface area contributed by atoms with Gasteiger partial charge in [0.05, 0.1) is 0 Å². The molecule has 2 aromatic rings. The minimum Gasteiger partial charge on any atom is -0.240 e. The average molecular weight is 215 g/mol. The lowest BCUT2D eigenvalue weighted by molar-refractivity contribution is 0.601. The summed E-state index contributed by atoms with van der Waals surface area (Å²) in [5.41, 5.74) is 0.382. The fraction of sp³-hybridized carbons (Fsp3) is 0.167. The molecule has 2 aromatic heterocycles. The first kappa shape index (κ1) is 8.52. The number of nitrogens with zero attached hydrogens (tertiary/aromatic N) is 3. The third-order valence-corrected chi connectivity index (χ3v) is 3.98. The highest BCUT2D eigenvalue weighted by Crippen LogP contribution is 2.21. The van der Waals surface area contributed by atoms with Gasteiger partial charge in [0.1, 0.15) is 0 Å². The van der Waals surface area contributed by atoms with Gasteiger partial charge in [0.25, 0.3) is 0 Å². The van der Waals surface area contributed by atoms with Crippen LogP contribution in [-0.2, 0) is 9.84 Å². The molecule has 2 rings (SSSR count). The van der Waals surface area contributed by atoms with Crippen molar-refractivity contribution in [1.29, 1.82) is 0 Å². The van der Waals surface area contributed by atoms with Crippen molar-refractivity contribution >= 4 is 31.7 Å². The second-order valence-electron chi connectivity index (χ2n) is 2.44. The van der Waals surface area contributed by atoms with Gasteiger partial charge in [-0.2, -0.15) is 0 Å². The molecule has 0 bridgehead atoms. The highest BCUT2D eigenvalue weighted by Gasteiger charge is 2.14. The standard InChI is InChI=1S/C6H5N3O2S2/c1-13(10,11)6-9-4-5(12-6)8-3-2-7-4/h2-3H,1H3. The Kier molecular flexibility index (Phi) is 1.77. The van der Waals surface area contributed by atoms with Crippen LogP contribution in [-0.4, -0.2) is 29.6 Å². The van der Waals surface area contributed by atoms with E-state index in [-0.39, 0.29) is 4.34 Å². The molecule has 5 nitrogen and oxygen atoms in total. The molecular weight excluding hydrogens is 210 g/mol. The van der Waals surface area contributed by atoms with E-state index in [1.165, 1.54) is 12.4 Å². The van der Waals surface area contributed by atoms with Gasteiger partial charge in [-0.25, -0.2) is 23.4 Å². The molecule has 13 heavy (non-hydrogen) atoms. The summed E-state index contributed by atoms with van der Waals surface area (Å²) in [7, 11) is -3.24. The summed E-state index contributed by atoms with van der Waals surface area (Å²) in [6, 6.07) is 0. The first-order valence-corrected chi connectivity index (χ1v) is 6.06. The van der Waals surface area contributed by atoms with Crippen LogP contribution in [0.1, 0.15) is 0 Å². The summed E-state index contributed by atoms with van der Waals surface area (Å²) < 4.78 is 22.3. The minimum absolute atomic E-state index is 0.0636. The lowest BCUT2D eigenvalue weighted by Gasteiger charge is -1.84. The second kappa shape index (κ2) is 2.71. The molecule has 0 fully saturated rings. The van der Waals surface area contributed by atoms with E-state index in [1.54, 1.807) is 0 Å². The Morgan fingerprint density at radius 1 is 1.31 bits per heavy atom. The molecule has 2 heterocycles. The summed E-state index contributed by atoms with van der Waals surface area (Å²) >= 11 is 1.03.